The number of anilines is 1. The van der Waals surface area contributed by atoms with Crippen molar-refractivity contribution in [2.45, 2.75) is 26.4 Å². The minimum atomic E-state index is 0.383. The molecule has 0 saturated heterocycles. The monoisotopic (exact) mass is 324 g/mol. The number of aromatic nitrogens is 2. The Kier molecular flexibility index (Phi) is 5.01. The molecule has 0 saturated carbocycles. The molecule has 1 unspecified atom stereocenters. The van der Waals surface area contributed by atoms with Gasteiger partial charge in [0.05, 0.1) is 6.20 Å². The lowest BCUT2D eigenvalue weighted by Crippen LogP contribution is -2.37. The highest BCUT2D eigenvalue weighted by atomic mass is 16.3. The number of nitrogens with zero attached hydrogens (tertiary/aromatic N) is 2. The number of benzene rings is 1. The summed E-state index contributed by atoms with van der Waals surface area (Å²) in [6, 6.07) is 14.7. The summed E-state index contributed by atoms with van der Waals surface area (Å²) in [5.74, 6) is 1.73. The van der Waals surface area contributed by atoms with Gasteiger partial charge in [0.25, 0.3) is 0 Å². The molecule has 0 radical (unpaired) electrons. The van der Waals surface area contributed by atoms with Crippen molar-refractivity contribution in [2.24, 2.45) is 0 Å². The number of furan rings is 1. The maximum Gasteiger partial charge on any atom is 0.152 e. The van der Waals surface area contributed by atoms with Crippen LogP contribution in [0.15, 0.2) is 53.1 Å². The quantitative estimate of drug-likeness (QED) is 0.697. The highest BCUT2D eigenvalue weighted by Crippen LogP contribution is 2.23. The lowest BCUT2D eigenvalue weighted by atomic mass is 10.2. The van der Waals surface area contributed by atoms with E-state index in [1.165, 1.54) is 5.69 Å². The maximum atomic E-state index is 5.68. The molecule has 0 bridgehead atoms. The van der Waals surface area contributed by atoms with Gasteiger partial charge in [-0.15, -0.1) is 0 Å². The molecule has 0 amide bonds. The molecule has 126 valence electrons. The number of likely N-dealkylation sites (N-methyl/N-ethyl adjacent to an activating group) is 1. The molecule has 0 fully saturated rings. The van der Waals surface area contributed by atoms with E-state index in [2.05, 4.69) is 58.7 Å². The van der Waals surface area contributed by atoms with Gasteiger partial charge in [0.1, 0.15) is 11.5 Å². The highest BCUT2D eigenvalue weighted by Gasteiger charge is 2.13. The molecule has 24 heavy (non-hydrogen) atoms. The summed E-state index contributed by atoms with van der Waals surface area (Å²) in [5.41, 5.74) is 3.28. The Bertz CT molecular complexity index is 763. The lowest BCUT2D eigenvalue weighted by molar-refractivity contribution is 0.544. The summed E-state index contributed by atoms with van der Waals surface area (Å²) in [7, 11) is 2.12. The van der Waals surface area contributed by atoms with E-state index in [1.807, 2.05) is 31.3 Å². The van der Waals surface area contributed by atoms with Gasteiger partial charge in [0.15, 0.2) is 5.76 Å². The number of rotatable bonds is 7. The predicted molar refractivity (Wildman–Crippen MR) is 97.0 cm³/mol. The molecule has 0 aliphatic rings. The molecule has 0 aliphatic carbocycles. The topological polar surface area (TPSA) is 57.1 Å². The minimum Gasteiger partial charge on any atom is -0.460 e. The molecule has 2 aromatic heterocycles. The Morgan fingerprint density at radius 1 is 1.21 bits per heavy atom. The van der Waals surface area contributed by atoms with Crippen LogP contribution in [0.25, 0.3) is 11.5 Å². The average Bonchev–Trinajstić information content (AvgIpc) is 3.23. The Labute approximate surface area is 142 Å². The summed E-state index contributed by atoms with van der Waals surface area (Å²) in [5, 5.41) is 10.7. The summed E-state index contributed by atoms with van der Waals surface area (Å²) in [6.07, 6.45) is 1.85. The number of hydrogen-bond acceptors (Lipinski definition) is 4. The van der Waals surface area contributed by atoms with E-state index in [9.17, 15) is 0 Å². The van der Waals surface area contributed by atoms with Gasteiger partial charge in [0, 0.05) is 37.4 Å². The maximum absolute atomic E-state index is 5.68. The zero-order valence-electron chi connectivity index (χ0n) is 14.4. The fraction of sp³-hybridized carbons (Fsp3) is 0.316. The van der Waals surface area contributed by atoms with E-state index >= 15 is 0 Å². The van der Waals surface area contributed by atoms with Crippen molar-refractivity contribution in [3.8, 4) is 11.5 Å². The van der Waals surface area contributed by atoms with Crippen LogP contribution in [0, 0.1) is 6.92 Å². The molecule has 5 nitrogen and oxygen atoms in total. The molecule has 2 heterocycles. The standard InChI is InChI=1S/C19H24N4O/c1-14(23(3)17-7-5-4-6-8-17)11-20-12-16-13-21-22-19(16)18-10-9-15(2)24-18/h4-10,13-14,20H,11-12H2,1-3H3,(H,21,22). The van der Waals surface area contributed by atoms with Gasteiger partial charge in [-0.2, -0.15) is 5.10 Å². The van der Waals surface area contributed by atoms with Crippen molar-refractivity contribution in [1.29, 1.82) is 0 Å². The largest absolute Gasteiger partial charge is 0.460 e. The van der Waals surface area contributed by atoms with Crippen LogP contribution < -0.4 is 10.2 Å². The van der Waals surface area contributed by atoms with Crippen molar-refractivity contribution in [3.63, 3.8) is 0 Å². The second kappa shape index (κ2) is 7.36. The Morgan fingerprint density at radius 3 is 2.71 bits per heavy atom. The summed E-state index contributed by atoms with van der Waals surface area (Å²) in [6.45, 7) is 5.79. The fourth-order valence-electron chi connectivity index (χ4n) is 2.70. The molecular weight excluding hydrogens is 300 g/mol. The van der Waals surface area contributed by atoms with Crippen molar-refractivity contribution in [1.82, 2.24) is 15.5 Å². The molecule has 3 aromatic rings. The molecule has 0 aliphatic heterocycles. The number of para-hydroxylation sites is 1. The zero-order valence-corrected chi connectivity index (χ0v) is 14.4. The Balaban J connectivity index is 1.56. The van der Waals surface area contributed by atoms with Gasteiger partial charge >= 0.3 is 0 Å². The van der Waals surface area contributed by atoms with Crippen LogP contribution in [0.3, 0.4) is 0 Å². The van der Waals surface area contributed by atoms with Gasteiger partial charge in [0.2, 0.25) is 0 Å². The van der Waals surface area contributed by atoms with Gasteiger partial charge in [-0.25, -0.2) is 0 Å². The molecule has 1 atom stereocenters. The van der Waals surface area contributed by atoms with Crippen molar-refractivity contribution in [3.05, 3.63) is 60.0 Å². The van der Waals surface area contributed by atoms with E-state index in [0.717, 1.165) is 35.9 Å². The van der Waals surface area contributed by atoms with Crippen LogP contribution >= 0.6 is 0 Å². The Hall–Kier alpha value is -2.53. The third-order valence-electron chi connectivity index (χ3n) is 4.28. The van der Waals surface area contributed by atoms with Gasteiger partial charge < -0.3 is 14.6 Å². The second-order valence-electron chi connectivity index (χ2n) is 6.11. The number of nitrogens with one attached hydrogen (secondary N) is 2. The van der Waals surface area contributed by atoms with Crippen LogP contribution in [-0.2, 0) is 6.54 Å². The number of aryl methyl sites for hydroxylation is 1. The van der Waals surface area contributed by atoms with Gasteiger partial charge in [-0.05, 0) is 38.1 Å². The predicted octanol–water partition coefficient (Wildman–Crippen LogP) is 3.59. The summed E-state index contributed by atoms with van der Waals surface area (Å²) < 4.78 is 5.68. The first kappa shape index (κ1) is 16.3. The smallest absolute Gasteiger partial charge is 0.152 e. The molecule has 1 aromatic carbocycles. The van der Waals surface area contributed by atoms with E-state index in [-0.39, 0.29) is 0 Å². The number of H-pyrrole nitrogens is 1. The third-order valence-corrected chi connectivity index (χ3v) is 4.28. The van der Waals surface area contributed by atoms with Crippen molar-refractivity contribution in [2.75, 3.05) is 18.5 Å². The van der Waals surface area contributed by atoms with Crippen LogP contribution in [0.5, 0.6) is 0 Å². The normalized spacial score (nSPS) is 12.3. The summed E-state index contributed by atoms with van der Waals surface area (Å²) >= 11 is 0. The summed E-state index contributed by atoms with van der Waals surface area (Å²) in [4.78, 5) is 2.28. The van der Waals surface area contributed by atoms with Crippen LogP contribution in [0.4, 0.5) is 5.69 Å². The molecule has 2 N–H and O–H groups in total. The van der Waals surface area contributed by atoms with Crippen LogP contribution in [0.2, 0.25) is 0 Å². The van der Waals surface area contributed by atoms with E-state index in [1.54, 1.807) is 0 Å². The molecule has 3 rings (SSSR count). The first-order chi connectivity index (χ1) is 11.6. The van der Waals surface area contributed by atoms with Crippen molar-refractivity contribution >= 4 is 5.69 Å². The fourth-order valence-corrected chi connectivity index (χ4v) is 2.70. The van der Waals surface area contributed by atoms with Gasteiger partial charge in [-0.3, -0.25) is 5.10 Å². The van der Waals surface area contributed by atoms with Crippen LogP contribution in [-0.4, -0.2) is 29.8 Å². The molecule has 5 heteroatoms. The third kappa shape index (κ3) is 3.68. The highest BCUT2D eigenvalue weighted by molar-refractivity contribution is 5.56. The minimum absolute atomic E-state index is 0.383. The number of aromatic amines is 1. The van der Waals surface area contributed by atoms with Gasteiger partial charge in [-0.1, -0.05) is 18.2 Å². The molecule has 0 spiro atoms. The van der Waals surface area contributed by atoms with E-state index < -0.39 is 0 Å². The molecular formula is C19H24N4O. The SMILES string of the molecule is Cc1ccc(-c2[nH]ncc2CNCC(C)N(C)c2ccccc2)o1. The number of hydrogen-bond donors (Lipinski definition) is 2. The van der Waals surface area contributed by atoms with E-state index in [4.69, 9.17) is 4.42 Å². The van der Waals surface area contributed by atoms with Crippen LogP contribution in [0.1, 0.15) is 18.2 Å². The average molecular weight is 324 g/mol. The van der Waals surface area contributed by atoms with E-state index in [0.29, 0.717) is 6.04 Å². The zero-order chi connectivity index (χ0) is 16.9. The second-order valence-corrected chi connectivity index (χ2v) is 6.11. The first-order valence-corrected chi connectivity index (χ1v) is 8.23. The Morgan fingerprint density at radius 2 is 2.00 bits per heavy atom. The first-order valence-electron chi connectivity index (χ1n) is 8.23. The lowest BCUT2D eigenvalue weighted by Gasteiger charge is -2.27. The van der Waals surface area contributed by atoms with Crippen molar-refractivity contribution < 1.29 is 4.42 Å².